The van der Waals surface area contributed by atoms with Crippen LogP contribution in [0.2, 0.25) is 0 Å². The molecule has 1 fully saturated rings. The number of benzene rings is 1. The van der Waals surface area contributed by atoms with E-state index in [9.17, 15) is 5.11 Å². The van der Waals surface area contributed by atoms with Crippen LogP contribution in [-0.2, 0) is 5.41 Å². The zero-order valence-electron chi connectivity index (χ0n) is 11.3. The summed E-state index contributed by atoms with van der Waals surface area (Å²) >= 11 is 0. The first kappa shape index (κ1) is 12.4. The first-order valence-electron chi connectivity index (χ1n) is 6.32. The van der Waals surface area contributed by atoms with Crippen molar-refractivity contribution in [2.24, 2.45) is 0 Å². The van der Waals surface area contributed by atoms with E-state index in [1.165, 1.54) is 28.7 Å². The van der Waals surface area contributed by atoms with E-state index in [1.54, 1.807) is 7.11 Å². The summed E-state index contributed by atoms with van der Waals surface area (Å²) in [5.41, 5.74) is 4.90. The number of hydrogen-bond donors (Lipinski definition) is 1. The molecule has 2 rings (SSSR count). The quantitative estimate of drug-likeness (QED) is 0.871. The fourth-order valence-corrected chi connectivity index (χ4v) is 3.06. The Kier molecular flexibility index (Phi) is 3.17. The van der Waals surface area contributed by atoms with E-state index in [1.807, 2.05) is 0 Å². The standard InChI is InChI=1S/C15H22O2/c1-10-8-11(2)13(14(17-4)12(10)3)15(9-16)6-5-7-15/h8,16H,5-7,9H2,1-4H3. The molecule has 0 saturated heterocycles. The average Bonchev–Trinajstić information content (AvgIpc) is 2.24. The maximum atomic E-state index is 9.74. The third kappa shape index (κ3) is 1.75. The number of aryl methyl sites for hydroxylation is 2. The highest BCUT2D eigenvalue weighted by Gasteiger charge is 2.41. The molecule has 0 spiro atoms. The molecule has 0 unspecified atom stereocenters. The number of aliphatic hydroxyl groups is 1. The van der Waals surface area contributed by atoms with Crippen LogP contribution >= 0.6 is 0 Å². The second kappa shape index (κ2) is 4.34. The second-order valence-corrected chi connectivity index (χ2v) is 5.34. The highest BCUT2D eigenvalue weighted by atomic mass is 16.5. The van der Waals surface area contributed by atoms with Gasteiger partial charge in [-0.1, -0.05) is 12.5 Å². The molecule has 1 N–H and O–H groups in total. The minimum absolute atomic E-state index is 0.0477. The predicted molar refractivity (Wildman–Crippen MR) is 69.8 cm³/mol. The molecule has 0 aromatic heterocycles. The van der Waals surface area contributed by atoms with Gasteiger partial charge in [-0.25, -0.2) is 0 Å². The molecule has 2 heteroatoms. The van der Waals surface area contributed by atoms with Crippen molar-refractivity contribution in [3.05, 3.63) is 28.3 Å². The number of hydrogen-bond acceptors (Lipinski definition) is 2. The van der Waals surface area contributed by atoms with E-state index in [4.69, 9.17) is 4.74 Å². The van der Waals surface area contributed by atoms with Gasteiger partial charge in [-0.05, 0) is 50.3 Å². The predicted octanol–water partition coefficient (Wildman–Crippen LogP) is 3.03. The van der Waals surface area contributed by atoms with E-state index < -0.39 is 0 Å². The summed E-state index contributed by atoms with van der Waals surface area (Å²) in [5, 5.41) is 9.74. The van der Waals surface area contributed by atoms with Crippen molar-refractivity contribution in [2.45, 2.75) is 45.4 Å². The Bertz CT molecular complexity index is 426. The molecule has 0 radical (unpaired) electrons. The first-order chi connectivity index (χ1) is 8.05. The normalized spacial score (nSPS) is 17.7. The van der Waals surface area contributed by atoms with Gasteiger partial charge in [-0.3, -0.25) is 0 Å². The van der Waals surface area contributed by atoms with Gasteiger partial charge in [0.15, 0.2) is 0 Å². The van der Waals surface area contributed by atoms with Gasteiger partial charge in [0.05, 0.1) is 13.7 Å². The molecule has 94 valence electrons. The lowest BCUT2D eigenvalue weighted by atomic mass is 9.63. The number of methoxy groups -OCH3 is 1. The zero-order valence-corrected chi connectivity index (χ0v) is 11.3. The summed E-state index contributed by atoms with van der Waals surface area (Å²) in [6.45, 7) is 6.56. The molecule has 0 amide bonds. The molecular formula is C15H22O2. The third-order valence-electron chi connectivity index (χ3n) is 4.33. The topological polar surface area (TPSA) is 29.5 Å². The van der Waals surface area contributed by atoms with E-state index in [0.29, 0.717) is 0 Å². The van der Waals surface area contributed by atoms with Crippen LogP contribution in [0.25, 0.3) is 0 Å². The van der Waals surface area contributed by atoms with Gasteiger partial charge in [0.25, 0.3) is 0 Å². The molecule has 17 heavy (non-hydrogen) atoms. The van der Waals surface area contributed by atoms with Gasteiger partial charge in [0.1, 0.15) is 5.75 Å². The summed E-state index contributed by atoms with van der Waals surface area (Å²) in [4.78, 5) is 0. The summed E-state index contributed by atoms with van der Waals surface area (Å²) < 4.78 is 5.61. The first-order valence-corrected chi connectivity index (χ1v) is 6.32. The molecule has 1 aromatic rings. The molecule has 1 saturated carbocycles. The SMILES string of the molecule is COc1c(C)c(C)cc(C)c1C1(CO)CCC1. The minimum atomic E-state index is -0.0477. The van der Waals surface area contributed by atoms with Crippen LogP contribution in [0.4, 0.5) is 0 Å². The fourth-order valence-electron chi connectivity index (χ4n) is 3.06. The van der Waals surface area contributed by atoms with Crippen LogP contribution in [0.3, 0.4) is 0 Å². The van der Waals surface area contributed by atoms with Crippen LogP contribution in [-0.4, -0.2) is 18.8 Å². The molecule has 0 bridgehead atoms. The number of aliphatic hydroxyl groups excluding tert-OH is 1. The Hall–Kier alpha value is -1.02. The summed E-state index contributed by atoms with van der Waals surface area (Å²) in [7, 11) is 1.73. The smallest absolute Gasteiger partial charge is 0.126 e. The molecule has 0 heterocycles. The monoisotopic (exact) mass is 234 g/mol. The van der Waals surface area contributed by atoms with Gasteiger partial charge in [-0.2, -0.15) is 0 Å². The zero-order chi connectivity index (χ0) is 12.6. The maximum Gasteiger partial charge on any atom is 0.126 e. The van der Waals surface area contributed by atoms with Crippen molar-refractivity contribution in [3.63, 3.8) is 0 Å². The van der Waals surface area contributed by atoms with Crippen molar-refractivity contribution >= 4 is 0 Å². The Balaban J connectivity index is 2.63. The Morgan fingerprint density at radius 1 is 1.24 bits per heavy atom. The lowest BCUT2D eigenvalue weighted by Gasteiger charge is -2.43. The largest absolute Gasteiger partial charge is 0.496 e. The molecule has 1 aliphatic rings. The average molecular weight is 234 g/mol. The van der Waals surface area contributed by atoms with Crippen LogP contribution in [0.5, 0.6) is 5.75 Å². The number of rotatable bonds is 3. The Labute approximate surface area is 104 Å². The van der Waals surface area contributed by atoms with Gasteiger partial charge in [-0.15, -0.1) is 0 Å². The van der Waals surface area contributed by atoms with Crippen molar-refractivity contribution in [2.75, 3.05) is 13.7 Å². The van der Waals surface area contributed by atoms with Crippen molar-refractivity contribution in [1.29, 1.82) is 0 Å². The van der Waals surface area contributed by atoms with Gasteiger partial charge in [0, 0.05) is 11.0 Å². The Morgan fingerprint density at radius 3 is 2.29 bits per heavy atom. The van der Waals surface area contributed by atoms with Crippen molar-refractivity contribution in [3.8, 4) is 5.75 Å². The molecular weight excluding hydrogens is 212 g/mol. The highest BCUT2D eigenvalue weighted by molar-refractivity contribution is 5.54. The summed E-state index contributed by atoms with van der Waals surface area (Å²) in [6.07, 6.45) is 3.35. The molecule has 1 aliphatic carbocycles. The van der Waals surface area contributed by atoms with Crippen molar-refractivity contribution in [1.82, 2.24) is 0 Å². The lowest BCUT2D eigenvalue weighted by Crippen LogP contribution is -2.39. The van der Waals surface area contributed by atoms with Crippen LogP contribution in [0, 0.1) is 20.8 Å². The molecule has 2 nitrogen and oxygen atoms in total. The summed E-state index contributed by atoms with van der Waals surface area (Å²) in [5.74, 6) is 0.983. The maximum absolute atomic E-state index is 9.74. The van der Waals surface area contributed by atoms with E-state index in [0.717, 1.165) is 18.6 Å². The van der Waals surface area contributed by atoms with Crippen LogP contribution in [0.1, 0.15) is 41.5 Å². The van der Waals surface area contributed by atoms with E-state index >= 15 is 0 Å². The van der Waals surface area contributed by atoms with E-state index in [2.05, 4.69) is 26.8 Å². The lowest BCUT2D eigenvalue weighted by molar-refractivity contribution is 0.116. The summed E-state index contributed by atoms with van der Waals surface area (Å²) in [6, 6.07) is 2.21. The van der Waals surface area contributed by atoms with Gasteiger partial charge >= 0.3 is 0 Å². The van der Waals surface area contributed by atoms with Gasteiger partial charge < -0.3 is 9.84 Å². The van der Waals surface area contributed by atoms with Crippen LogP contribution in [0.15, 0.2) is 6.07 Å². The van der Waals surface area contributed by atoms with Gasteiger partial charge in [0.2, 0.25) is 0 Å². The molecule has 0 atom stereocenters. The molecule has 1 aromatic carbocycles. The Morgan fingerprint density at radius 2 is 1.88 bits per heavy atom. The van der Waals surface area contributed by atoms with E-state index in [-0.39, 0.29) is 12.0 Å². The number of ether oxygens (including phenoxy) is 1. The van der Waals surface area contributed by atoms with Crippen LogP contribution < -0.4 is 4.74 Å². The second-order valence-electron chi connectivity index (χ2n) is 5.34. The fraction of sp³-hybridized carbons (Fsp3) is 0.600. The molecule has 0 aliphatic heterocycles. The third-order valence-corrected chi connectivity index (χ3v) is 4.33. The minimum Gasteiger partial charge on any atom is -0.496 e. The highest BCUT2D eigenvalue weighted by Crippen LogP contribution is 2.49. The van der Waals surface area contributed by atoms with Crippen molar-refractivity contribution < 1.29 is 9.84 Å².